The first-order valence-corrected chi connectivity index (χ1v) is 9.31. The van der Waals surface area contributed by atoms with Crippen molar-refractivity contribution >= 4 is 22.9 Å². The highest BCUT2D eigenvalue weighted by molar-refractivity contribution is 5.89. The van der Waals surface area contributed by atoms with Crippen LogP contribution in [0.5, 0.6) is 5.75 Å². The first-order valence-electron chi connectivity index (χ1n) is 9.31. The molecule has 7 heteroatoms. The number of aromatic amines is 1. The van der Waals surface area contributed by atoms with Crippen molar-refractivity contribution in [2.24, 2.45) is 5.73 Å². The van der Waals surface area contributed by atoms with E-state index in [0.29, 0.717) is 0 Å². The summed E-state index contributed by atoms with van der Waals surface area (Å²) < 4.78 is 10.4. The van der Waals surface area contributed by atoms with Crippen molar-refractivity contribution in [1.82, 2.24) is 10.3 Å². The summed E-state index contributed by atoms with van der Waals surface area (Å²) in [6, 6.07) is 14.8. The van der Waals surface area contributed by atoms with Crippen LogP contribution in [0.15, 0.2) is 54.7 Å². The van der Waals surface area contributed by atoms with Gasteiger partial charge in [0.2, 0.25) is 0 Å². The highest BCUT2D eigenvalue weighted by Gasteiger charge is 2.38. The summed E-state index contributed by atoms with van der Waals surface area (Å²) >= 11 is 0. The van der Waals surface area contributed by atoms with Crippen molar-refractivity contribution in [3.63, 3.8) is 0 Å². The molecular formula is C22H25N3O4. The van der Waals surface area contributed by atoms with Crippen LogP contribution in [-0.2, 0) is 16.0 Å². The maximum atomic E-state index is 13.1. The van der Waals surface area contributed by atoms with Crippen molar-refractivity contribution in [2.75, 3.05) is 7.11 Å². The molecular weight excluding hydrogens is 370 g/mol. The molecule has 1 heterocycles. The number of fused-ring (bicyclic) bond motifs is 1. The van der Waals surface area contributed by atoms with Crippen LogP contribution in [0.4, 0.5) is 4.79 Å². The number of hydrogen-bond donors (Lipinski definition) is 3. The van der Waals surface area contributed by atoms with Crippen molar-refractivity contribution in [3.8, 4) is 5.75 Å². The molecule has 4 N–H and O–H groups in total. The number of carbonyl (C=O) groups is 2. The molecule has 1 unspecified atom stereocenters. The summed E-state index contributed by atoms with van der Waals surface area (Å²) in [6.07, 6.45) is 0.994. The lowest BCUT2D eigenvalue weighted by Crippen LogP contribution is -2.50. The van der Waals surface area contributed by atoms with E-state index in [4.69, 9.17) is 15.2 Å². The first-order chi connectivity index (χ1) is 13.8. The summed E-state index contributed by atoms with van der Waals surface area (Å²) in [5, 5.41) is 3.88. The standard InChI is InChI=1S/C22H25N3O4/c1-14(15-8-10-17(28-3)11-9-15)25-20(26)22(2,29-21(23)27)12-16-13-24-19-7-5-4-6-18(16)19/h4-11,13-14,24H,12H2,1-3H3,(H2,23,27)(H,25,26)/t14?,22-/m1/s1. The van der Waals surface area contributed by atoms with Crippen molar-refractivity contribution in [1.29, 1.82) is 0 Å². The quantitative estimate of drug-likeness (QED) is 0.569. The van der Waals surface area contributed by atoms with E-state index >= 15 is 0 Å². The summed E-state index contributed by atoms with van der Waals surface area (Å²) in [4.78, 5) is 27.8. The van der Waals surface area contributed by atoms with Crippen LogP contribution >= 0.6 is 0 Å². The Morgan fingerprint density at radius 1 is 1.17 bits per heavy atom. The predicted molar refractivity (Wildman–Crippen MR) is 111 cm³/mol. The molecule has 0 radical (unpaired) electrons. The van der Waals surface area contributed by atoms with Gasteiger partial charge in [0, 0.05) is 23.5 Å². The highest BCUT2D eigenvalue weighted by atomic mass is 16.6. The Bertz CT molecular complexity index is 1010. The number of carbonyl (C=O) groups excluding carboxylic acids is 2. The minimum absolute atomic E-state index is 0.182. The monoisotopic (exact) mass is 395 g/mol. The lowest BCUT2D eigenvalue weighted by atomic mass is 9.94. The van der Waals surface area contributed by atoms with Crippen molar-refractivity contribution in [2.45, 2.75) is 31.9 Å². The van der Waals surface area contributed by atoms with E-state index in [1.807, 2.05) is 61.7 Å². The van der Waals surface area contributed by atoms with Gasteiger partial charge in [-0.25, -0.2) is 4.79 Å². The number of amides is 2. The van der Waals surface area contributed by atoms with Gasteiger partial charge in [0.05, 0.1) is 13.2 Å². The molecule has 3 aromatic rings. The number of nitrogens with one attached hydrogen (secondary N) is 2. The molecule has 7 nitrogen and oxygen atoms in total. The Kier molecular flexibility index (Phi) is 5.77. The SMILES string of the molecule is COc1ccc(C(C)NC(=O)[C@@](C)(Cc2c[nH]c3ccccc23)OC(N)=O)cc1. The van der Waals surface area contributed by atoms with Gasteiger partial charge >= 0.3 is 6.09 Å². The molecule has 0 saturated heterocycles. The number of methoxy groups -OCH3 is 1. The van der Waals surface area contributed by atoms with Gasteiger partial charge in [-0.2, -0.15) is 0 Å². The minimum atomic E-state index is -1.46. The number of nitrogens with two attached hydrogens (primary N) is 1. The number of ether oxygens (including phenoxy) is 2. The van der Waals surface area contributed by atoms with Gasteiger partial charge in [-0.05, 0) is 43.2 Å². The average molecular weight is 395 g/mol. The van der Waals surface area contributed by atoms with Crippen molar-refractivity contribution < 1.29 is 19.1 Å². The number of aromatic nitrogens is 1. The lowest BCUT2D eigenvalue weighted by molar-refractivity contribution is -0.138. The molecule has 0 fully saturated rings. The van der Waals surface area contributed by atoms with E-state index < -0.39 is 17.6 Å². The fourth-order valence-corrected chi connectivity index (χ4v) is 3.35. The second-order valence-corrected chi connectivity index (χ2v) is 7.16. The highest BCUT2D eigenvalue weighted by Crippen LogP contribution is 2.26. The molecule has 0 spiro atoms. The summed E-state index contributed by atoms with van der Waals surface area (Å²) in [7, 11) is 1.59. The molecule has 0 bridgehead atoms. The molecule has 1 aromatic heterocycles. The average Bonchev–Trinajstić information content (AvgIpc) is 3.10. The third kappa shape index (κ3) is 4.51. The molecule has 2 atom stereocenters. The van der Waals surface area contributed by atoms with E-state index in [9.17, 15) is 9.59 Å². The second kappa shape index (κ2) is 8.26. The van der Waals surface area contributed by atoms with E-state index in [1.165, 1.54) is 0 Å². The maximum Gasteiger partial charge on any atom is 0.405 e. The Morgan fingerprint density at radius 3 is 2.52 bits per heavy atom. The molecule has 29 heavy (non-hydrogen) atoms. The van der Waals surface area contributed by atoms with Gasteiger partial charge < -0.3 is 25.5 Å². The molecule has 2 amide bonds. The lowest BCUT2D eigenvalue weighted by Gasteiger charge is -2.29. The number of para-hydroxylation sites is 1. The van der Waals surface area contributed by atoms with Gasteiger partial charge in [-0.3, -0.25) is 4.79 Å². The Morgan fingerprint density at radius 2 is 1.86 bits per heavy atom. The third-order valence-electron chi connectivity index (χ3n) is 4.97. The van der Waals surface area contributed by atoms with Crippen LogP contribution in [0.2, 0.25) is 0 Å². The molecule has 0 saturated carbocycles. The Hall–Kier alpha value is -3.48. The van der Waals surface area contributed by atoms with Gasteiger partial charge in [-0.1, -0.05) is 30.3 Å². The number of hydrogen-bond acceptors (Lipinski definition) is 4. The van der Waals surface area contributed by atoms with Crippen LogP contribution in [0, 0.1) is 0 Å². The molecule has 3 rings (SSSR count). The van der Waals surface area contributed by atoms with Crippen LogP contribution in [-0.4, -0.2) is 29.7 Å². The van der Waals surface area contributed by atoms with Gasteiger partial charge in [0.25, 0.3) is 5.91 Å². The predicted octanol–water partition coefficient (Wildman–Crippen LogP) is 3.45. The maximum absolute atomic E-state index is 13.1. The van der Waals surface area contributed by atoms with E-state index in [1.54, 1.807) is 14.0 Å². The van der Waals surface area contributed by atoms with Gasteiger partial charge in [-0.15, -0.1) is 0 Å². The zero-order valence-corrected chi connectivity index (χ0v) is 16.7. The first kappa shape index (κ1) is 20.3. The number of benzene rings is 2. The third-order valence-corrected chi connectivity index (χ3v) is 4.97. The van der Waals surface area contributed by atoms with Crippen LogP contribution in [0.25, 0.3) is 10.9 Å². The minimum Gasteiger partial charge on any atom is -0.497 e. The Balaban J connectivity index is 1.82. The second-order valence-electron chi connectivity index (χ2n) is 7.16. The number of primary amides is 1. The molecule has 0 aliphatic carbocycles. The summed E-state index contributed by atoms with van der Waals surface area (Å²) in [6.45, 7) is 3.42. The summed E-state index contributed by atoms with van der Waals surface area (Å²) in [5.74, 6) is 0.304. The normalized spacial score (nSPS) is 14.0. The van der Waals surface area contributed by atoms with Crippen LogP contribution in [0.3, 0.4) is 0 Å². The molecule has 0 aliphatic rings. The fourth-order valence-electron chi connectivity index (χ4n) is 3.35. The fraction of sp³-hybridized carbons (Fsp3) is 0.273. The van der Waals surface area contributed by atoms with Crippen molar-refractivity contribution in [3.05, 3.63) is 65.9 Å². The largest absolute Gasteiger partial charge is 0.497 e. The van der Waals surface area contributed by atoms with Crippen LogP contribution in [0.1, 0.15) is 31.0 Å². The van der Waals surface area contributed by atoms with Gasteiger partial charge in [0.1, 0.15) is 5.75 Å². The number of H-pyrrole nitrogens is 1. The molecule has 0 aliphatic heterocycles. The Labute approximate surface area is 169 Å². The zero-order chi connectivity index (χ0) is 21.0. The topological polar surface area (TPSA) is 106 Å². The molecule has 152 valence electrons. The molecule has 2 aromatic carbocycles. The van der Waals surface area contributed by atoms with E-state index in [0.717, 1.165) is 27.8 Å². The van der Waals surface area contributed by atoms with E-state index in [2.05, 4.69) is 10.3 Å². The zero-order valence-electron chi connectivity index (χ0n) is 16.7. The smallest absolute Gasteiger partial charge is 0.405 e. The summed E-state index contributed by atoms with van der Waals surface area (Å²) in [5.41, 5.74) is 6.50. The van der Waals surface area contributed by atoms with E-state index in [-0.39, 0.29) is 12.5 Å². The number of rotatable bonds is 7. The van der Waals surface area contributed by atoms with Gasteiger partial charge in [0.15, 0.2) is 5.60 Å². The van der Waals surface area contributed by atoms with Crippen LogP contribution < -0.4 is 15.8 Å².